The summed E-state index contributed by atoms with van der Waals surface area (Å²) < 4.78 is 4.98. The highest BCUT2D eigenvalue weighted by atomic mass is 16.6. The van der Waals surface area contributed by atoms with Crippen LogP contribution in [0.3, 0.4) is 0 Å². The van der Waals surface area contributed by atoms with Gasteiger partial charge in [0.1, 0.15) is 0 Å². The molecule has 0 atom stereocenters. The Morgan fingerprint density at radius 3 is 2.81 bits per heavy atom. The second-order valence-electron chi connectivity index (χ2n) is 5.59. The standard InChI is InChI=1S/C16H15N5O5/c17-15-14(18-5-6-19-15)16(23)26-9-13(22)20-7-1-2-10-8-11(21(24)25)3-4-12(10)20/h3-6,8H,1-2,7,9H2,(H2,17,19). The van der Waals surface area contributed by atoms with Crippen LogP contribution in [0.2, 0.25) is 0 Å². The molecule has 1 aliphatic rings. The number of aryl methyl sites for hydroxylation is 1. The van der Waals surface area contributed by atoms with Crippen LogP contribution in [0, 0.1) is 10.1 Å². The van der Waals surface area contributed by atoms with Crippen molar-refractivity contribution in [2.45, 2.75) is 12.8 Å². The van der Waals surface area contributed by atoms with Crippen LogP contribution in [0.25, 0.3) is 0 Å². The summed E-state index contributed by atoms with van der Waals surface area (Å²) >= 11 is 0. The van der Waals surface area contributed by atoms with Gasteiger partial charge in [0, 0.05) is 36.8 Å². The van der Waals surface area contributed by atoms with Gasteiger partial charge < -0.3 is 15.4 Å². The van der Waals surface area contributed by atoms with Gasteiger partial charge >= 0.3 is 5.97 Å². The molecule has 10 heteroatoms. The lowest BCUT2D eigenvalue weighted by Gasteiger charge is -2.29. The number of fused-ring (bicyclic) bond motifs is 1. The van der Waals surface area contributed by atoms with Crippen molar-refractivity contribution in [3.63, 3.8) is 0 Å². The van der Waals surface area contributed by atoms with E-state index in [0.717, 1.165) is 0 Å². The first-order valence-corrected chi connectivity index (χ1v) is 7.78. The summed E-state index contributed by atoms with van der Waals surface area (Å²) in [6.07, 6.45) is 3.92. The van der Waals surface area contributed by atoms with E-state index in [4.69, 9.17) is 10.5 Å². The van der Waals surface area contributed by atoms with E-state index in [1.54, 1.807) is 0 Å². The van der Waals surface area contributed by atoms with Gasteiger partial charge in [0.2, 0.25) is 0 Å². The zero-order valence-electron chi connectivity index (χ0n) is 13.6. The van der Waals surface area contributed by atoms with Crippen LogP contribution in [0.15, 0.2) is 30.6 Å². The number of ether oxygens (including phenoxy) is 1. The minimum absolute atomic E-state index is 0.0254. The Hall–Kier alpha value is -3.56. The average Bonchev–Trinajstić information content (AvgIpc) is 2.65. The van der Waals surface area contributed by atoms with Crippen LogP contribution in [0.1, 0.15) is 22.5 Å². The smallest absolute Gasteiger partial charge is 0.361 e. The summed E-state index contributed by atoms with van der Waals surface area (Å²) in [6, 6.07) is 4.34. The van der Waals surface area contributed by atoms with Crippen LogP contribution in [-0.4, -0.2) is 39.9 Å². The molecule has 1 aromatic carbocycles. The molecule has 0 bridgehead atoms. The van der Waals surface area contributed by atoms with Crippen LogP contribution in [-0.2, 0) is 16.0 Å². The number of nitrogen functional groups attached to an aromatic ring is 1. The van der Waals surface area contributed by atoms with Gasteiger partial charge in [0.25, 0.3) is 11.6 Å². The minimum Gasteiger partial charge on any atom is -0.451 e. The molecule has 0 unspecified atom stereocenters. The maximum absolute atomic E-state index is 12.4. The highest BCUT2D eigenvalue weighted by Crippen LogP contribution is 2.30. The van der Waals surface area contributed by atoms with Crippen molar-refractivity contribution in [2.75, 3.05) is 23.8 Å². The highest BCUT2D eigenvalue weighted by molar-refractivity contribution is 5.98. The van der Waals surface area contributed by atoms with E-state index in [9.17, 15) is 19.7 Å². The quantitative estimate of drug-likeness (QED) is 0.487. The number of esters is 1. The molecule has 1 aliphatic heterocycles. The zero-order valence-corrected chi connectivity index (χ0v) is 13.6. The second-order valence-corrected chi connectivity index (χ2v) is 5.59. The fourth-order valence-electron chi connectivity index (χ4n) is 2.74. The Bertz CT molecular complexity index is 885. The normalized spacial score (nSPS) is 13.0. The van der Waals surface area contributed by atoms with E-state index in [2.05, 4.69) is 9.97 Å². The van der Waals surface area contributed by atoms with Gasteiger partial charge in [-0.1, -0.05) is 0 Å². The third kappa shape index (κ3) is 3.43. The molecule has 0 radical (unpaired) electrons. The lowest BCUT2D eigenvalue weighted by Crippen LogP contribution is -2.38. The Labute approximate surface area is 147 Å². The molecule has 2 aromatic rings. The molecular formula is C16H15N5O5. The van der Waals surface area contributed by atoms with Crippen molar-refractivity contribution in [2.24, 2.45) is 0 Å². The Kier molecular flexibility index (Phi) is 4.74. The molecule has 0 saturated carbocycles. The van der Waals surface area contributed by atoms with E-state index in [-0.39, 0.29) is 17.2 Å². The van der Waals surface area contributed by atoms with Crippen molar-refractivity contribution in [1.82, 2.24) is 9.97 Å². The van der Waals surface area contributed by atoms with E-state index in [0.29, 0.717) is 30.6 Å². The van der Waals surface area contributed by atoms with Crippen LogP contribution >= 0.6 is 0 Å². The number of nitrogens with two attached hydrogens (primary N) is 1. The molecule has 26 heavy (non-hydrogen) atoms. The number of carbonyl (C=O) groups is 2. The number of benzene rings is 1. The molecule has 1 aromatic heterocycles. The van der Waals surface area contributed by atoms with Crippen molar-refractivity contribution >= 4 is 29.1 Å². The van der Waals surface area contributed by atoms with E-state index in [1.807, 2.05) is 0 Å². The number of amides is 1. The number of hydrogen-bond donors (Lipinski definition) is 1. The predicted octanol–water partition coefficient (Wildman–Crippen LogP) is 1.10. The van der Waals surface area contributed by atoms with Gasteiger partial charge in [-0.05, 0) is 24.5 Å². The lowest BCUT2D eigenvalue weighted by molar-refractivity contribution is -0.384. The zero-order chi connectivity index (χ0) is 18.7. The monoisotopic (exact) mass is 357 g/mol. The van der Waals surface area contributed by atoms with Gasteiger partial charge in [-0.15, -0.1) is 0 Å². The summed E-state index contributed by atoms with van der Waals surface area (Å²) in [5.74, 6) is -1.36. The molecule has 134 valence electrons. The third-order valence-electron chi connectivity index (χ3n) is 3.94. The topological polar surface area (TPSA) is 142 Å². The number of hydrogen-bond acceptors (Lipinski definition) is 8. The van der Waals surface area contributed by atoms with Gasteiger partial charge in [-0.3, -0.25) is 14.9 Å². The largest absolute Gasteiger partial charge is 0.451 e. The first kappa shape index (κ1) is 17.3. The maximum Gasteiger partial charge on any atom is 0.361 e. The van der Waals surface area contributed by atoms with Crippen molar-refractivity contribution in [1.29, 1.82) is 0 Å². The molecule has 3 rings (SSSR count). The molecule has 2 N–H and O–H groups in total. The van der Waals surface area contributed by atoms with Gasteiger partial charge in [-0.2, -0.15) is 0 Å². The number of non-ortho nitro benzene ring substituents is 1. The summed E-state index contributed by atoms with van der Waals surface area (Å²) in [7, 11) is 0. The number of nitrogens with zero attached hydrogens (tertiary/aromatic N) is 4. The minimum atomic E-state index is -0.843. The van der Waals surface area contributed by atoms with Gasteiger partial charge in [0.05, 0.1) is 4.92 Å². The molecule has 1 amide bonds. The maximum atomic E-state index is 12.4. The van der Waals surface area contributed by atoms with Gasteiger partial charge in [0.15, 0.2) is 18.1 Å². The van der Waals surface area contributed by atoms with Crippen LogP contribution < -0.4 is 10.6 Å². The van der Waals surface area contributed by atoms with Crippen LogP contribution in [0.5, 0.6) is 0 Å². The SMILES string of the molecule is Nc1nccnc1C(=O)OCC(=O)N1CCCc2cc([N+](=O)[O-])ccc21. The molecule has 0 saturated heterocycles. The summed E-state index contributed by atoms with van der Waals surface area (Å²) in [5, 5.41) is 10.9. The number of aromatic nitrogens is 2. The van der Waals surface area contributed by atoms with Gasteiger partial charge in [-0.25, -0.2) is 14.8 Å². The first-order chi connectivity index (χ1) is 12.5. The van der Waals surface area contributed by atoms with Crippen LogP contribution in [0.4, 0.5) is 17.2 Å². The molecule has 10 nitrogen and oxygen atoms in total. The number of rotatable bonds is 4. The fraction of sp³-hybridized carbons (Fsp3) is 0.250. The summed E-state index contributed by atoms with van der Waals surface area (Å²) in [5.41, 5.74) is 6.66. The molecule has 0 aliphatic carbocycles. The fourth-order valence-corrected chi connectivity index (χ4v) is 2.74. The highest BCUT2D eigenvalue weighted by Gasteiger charge is 2.25. The number of carbonyl (C=O) groups excluding carboxylic acids is 2. The summed E-state index contributed by atoms with van der Waals surface area (Å²) in [6.45, 7) is -0.0558. The number of anilines is 2. The Morgan fingerprint density at radius 1 is 1.31 bits per heavy atom. The summed E-state index contributed by atoms with van der Waals surface area (Å²) in [4.78, 5) is 43.8. The second kappa shape index (κ2) is 7.13. The molecule has 0 fully saturated rings. The predicted molar refractivity (Wildman–Crippen MR) is 90.5 cm³/mol. The number of nitro groups is 1. The number of nitro benzene ring substituents is 1. The lowest BCUT2D eigenvalue weighted by atomic mass is 10.0. The van der Waals surface area contributed by atoms with E-state index < -0.39 is 23.4 Å². The molecule has 0 spiro atoms. The molecular weight excluding hydrogens is 342 g/mol. The van der Waals surface area contributed by atoms with E-state index >= 15 is 0 Å². The Balaban J connectivity index is 1.71. The van der Waals surface area contributed by atoms with Crippen molar-refractivity contribution in [3.05, 3.63) is 52.0 Å². The van der Waals surface area contributed by atoms with E-state index in [1.165, 1.54) is 35.5 Å². The first-order valence-electron chi connectivity index (χ1n) is 7.78. The third-order valence-corrected chi connectivity index (χ3v) is 3.94. The average molecular weight is 357 g/mol. The van der Waals surface area contributed by atoms with Crippen molar-refractivity contribution in [3.8, 4) is 0 Å². The molecule has 2 heterocycles. The Morgan fingerprint density at radius 2 is 2.08 bits per heavy atom. The van der Waals surface area contributed by atoms with Crippen molar-refractivity contribution < 1.29 is 19.2 Å².